The first-order chi connectivity index (χ1) is 9.59. The van der Waals surface area contributed by atoms with Crippen LogP contribution in [0.15, 0.2) is 0 Å². The van der Waals surface area contributed by atoms with Crippen molar-refractivity contribution in [1.29, 1.82) is 0 Å². The third-order valence-electron chi connectivity index (χ3n) is 3.46. The number of carboxylic acid groups (broad SMARTS) is 1. The summed E-state index contributed by atoms with van der Waals surface area (Å²) < 4.78 is 15.8. The molecule has 0 bridgehead atoms. The summed E-state index contributed by atoms with van der Waals surface area (Å²) in [6, 6.07) is 0. The molecule has 7 nitrogen and oxygen atoms in total. The Bertz CT molecular complexity index is 393. The number of rotatable bonds is 8. The molecule has 4 atom stereocenters. The Balaban J connectivity index is 5.66. The molecule has 0 radical (unpaired) electrons. The summed E-state index contributed by atoms with van der Waals surface area (Å²) in [5.41, 5.74) is -1.27. The Hall–Kier alpha value is -1.63. The molecule has 0 aromatic heterocycles. The van der Waals surface area contributed by atoms with Crippen LogP contribution in [-0.2, 0) is 28.6 Å². The maximum Gasteiger partial charge on any atom is 0.310 e. The number of carboxylic acids is 1. The molecule has 0 saturated carbocycles. The Morgan fingerprint density at radius 2 is 1.62 bits per heavy atom. The van der Waals surface area contributed by atoms with Crippen LogP contribution < -0.4 is 0 Å². The molecule has 1 unspecified atom stereocenters. The number of hydrogen-bond donors (Lipinski definition) is 1. The molecule has 0 fully saturated rings. The molecule has 0 amide bonds. The highest BCUT2D eigenvalue weighted by Gasteiger charge is 2.49. The Morgan fingerprint density at radius 3 is 1.90 bits per heavy atom. The minimum Gasteiger partial charge on any atom is -0.481 e. The zero-order chi connectivity index (χ0) is 16.8. The van der Waals surface area contributed by atoms with Gasteiger partial charge in [-0.25, -0.2) is 0 Å². The van der Waals surface area contributed by atoms with Gasteiger partial charge in [-0.2, -0.15) is 0 Å². The molecule has 21 heavy (non-hydrogen) atoms. The fourth-order valence-electron chi connectivity index (χ4n) is 2.26. The van der Waals surface area contributed by atoms with Crippen LogP contribution >= 0.6 is 0 Å². The van der Waals surface area contributed by atoms with Crippen molar-refractivity contribution in [3.05, 3.63) is 0 Å². The van der Waals surface area contributed by atoms with Crippen molar-refractivity contribution in [3.8, 4) is 0 Å². The predicted molar refractivity (Wildman–Crippen MR) is 73.6 cm³/mol. The van der Waals surface area contributed by atoms with Crippen molar-refractivity contribution < 1.29 is 33.7 Å². The third-order valence-corrected chi connectivity index (χ3v) is 3.46. The van der Waals surface area contributed by atoms with Gasteiger partial charge < -0.3 is 19.3 Å². The normalized spacial score (nSPS) is 18.0. The van der Waals surface area contributed by atoms with Crippen LogP contribution in [0.2, 0.25) is 0 Å². The van der Waals surface area contributed by atoms with Gasteiger partial charge in [-0.05, 0) is 20.3 Å². The van der Waals surface area contributed by atoms with E-state index in [9.17, 15) is 19.5 Å². The predicted octanol–water partition coefficient (Wildman–Crippen LogP) is 1.39. The van der Waals surface area contributed by atoms with Crippen molar-refractivity contribution in [2.75, 3.05) is 7.11 Å². The number of carbonyl (C=O) groups excluding carboxylic acids is 2. The highest BCUT2D eigenvalue weighted by atomic mass is 16.6. The summed E-state index contributed by atoms with van der Waals surface area (Å²) in [7, 11) is 1.36. The van der Waals surface area contributed by atoms with E-state index in [1.54, 1.807) is 13.8 Å². The lowest BCUT2D eigenvalue weighted by molar-refractivity contribution is -0.208. The van der Waals surface area contributed by atoms with E-state index in [4.69, 9.17) is 14.2 Å². The quantitative estimate of drug-likeness (QED) is 0.676. The number of aliphatic carboxylic acids is 1. The molecule has 0 saturated heterocycles. The molecule has 0 rings (SSSR count). The molecular formula is C14H24O7. The second kappa shape index (κ2) is 7.97. The number of carbonyl (C=O) groups is 3. The molecule has 0 spiro atoms. The van der Waals surface area contributed by atoms with Gasteiger partial charge in [0.2, 0.25) is 0 Å². The van der Waals surface area contributed by atoms with E-state index < -0.39 is 41.6 Å². The van der Waals surface area contributed by atoms with E-state index in [0.29, 0.717) is 6.42 Å². The number of hydrogen-bond acceptors (Lipinski definition) is 6. The largest absolute Gasteiger partial charge is 0.481 e. The van der Waals surface area contributed by atoms with E-state index in [1.165, 1.54) is 27.9 Å². The molecule has 0 aromatic rings. The minimum absolute atomic E-state index is 0.383. The summed E-state index contributed by atoms with van der Waals surface area (Å²) in [4.78, 5) is 33.8. The van der Waals surface area contributed by atoms with Gasteiger partial charge in [0.25, 0.3) is 0 Å². The molecule has 122 valence electrons. The lowest BCUT2D eigenvalue weighted by atomic mass is 9.83. The zero-order valence-corrected chi connectivity index (χ0v) is 13.3. The summed E-state index contributed by atoms with van der Waals surface area (Å²) in [6.45, 7) is 7.18. The van der Waals surface area contributed by atoms with E-state index in [0.717, 1.165) is 0 Å². The van der Waals surface area contributed by atoms with Crippen LogP contribution in [0.5, 0.6) is 0 Å². The Labute approximate surface area is 124 Å². The van der Waals surface area contributed by atoms with E-state index in [2.05, 4.69) is 0 Å². The average molecular weight is 304 g/mol. The molecule has 1 N–H and O–H groups in total. The van der Waals surface area contributed by atoms with Gasteiger partial charge in [0.1, 0.15) is 17.8 Å². The second-order valence-electron chi connectivity index (χ2n) is 5.05. The summed E-state index contributed by atoms with van der Waals surface area (Å²) >= 11 is 0. The SMILES string of the molecule is CCC(OC(C)=O)[C@@](C)(OC)[C@H](OC(C)=O)[C@@H](C)C(=O)O. The van der Waals surface area contributed by atoms with Crippen LogP contribution in [0.25, 0.3) is 0 Å². The Morgan fingerprint density at radius 1 is 1.14 bits per heavy atom. The van der Waals surface area contributed by atoms with Crippen molar-refractivity contribution in [2.45, 2.75) is 58.8 Å². The molecule has 0 aliphatic rings. The second-order valence-corrected chi connectivity index (χ2v) is 5.05. The monoisotopic (exact) mass is 304 g/mol. The fraction of sp³-hybridized carbons (Fsp3) is 0.786. The molecule has 0 aliphatic carbocycles. The van der Waals surface area contributed by atoms with E-state index in [-0.39, 0.29) is 0 Å². The van der Waals surface area contributed by atoms with E-state index >= 15 is 0 Å². The summed E-state index contributed by atoms with van der Waals surface area (Å²) in [5.74, 6) is -3.31. The van der Waals surface area contributed by atoms with Crippen LogP contribution in [0, 0.1) is 5.92 Å². The van der Waals surface area contributed by atoms with Crippen molar-refractivity contribution >= 4 is 17.9 Å². The zero-order valence-electron chi connectivity index (χ0n) is 13.3. The standard InChI is InChI=1S/C14H24O7/c1-7-11(20-9(3)15)14(5,19-6)12(21-10(4)16)8(2)13(17)18/h8,11-12H,7H2,1-6H3,(H,17,18)/t8-,11?,12-,14-/m1/s1. The van der Waals surface area contributed by atoms with Gasteiger partial charge in [-0.15, -0.1) is 0 Å². The van der Waals surface area contributed by atoms with Crippen molar-refractivity contribution in [1.82, 2.24) is 0 Å². The maximum atomic E-state index is 11.3. The minimum atomic E-state index is -1.27. The molecular weight excluding hydrogens is 280 g/mol. The maximum absolute atomic E-state index is 11.3. The first-order valence-electron chi connectivity index (χ1n) is 6.72. The van der Waals surface area contributed by atoms with Gasteiger partial charge in [0.05, 0.1) is 5.92 Å². The number of methoxy groups -OCH3 is 1. The van der Waals surface area contributed by atoms with Gasteiger partial charge in [0, 0.05) is 21.0 Å². The van der Waals surface area contributed by atoms with Crippen LogP contribution in [-0.4, -0.2) is 47.9 Å². The summed E-state index contributed by atoms with van der Waals surface area (Å²) in [5, 5.41) is 9.21. The number of esters is 2. The van der Waals surface area contributed by atoms with Gasteiger partial charge in [-0.1, -0.05) is 6.92 Å². The van der Waals surface area contributed by atoms with E-state index in [1.807, 2.05) is 0 Å². The highest BCUT2D eigenvalue weighted by Crippen LogP contribution is 2.32. The third kappa shape index (κ3) is 5.00. The number of ether oxygens (including phenoxy) is 3. The topological polar surface area (TPSA) is 99.1 Å². The van der Waals surface area contributed by atoms with Gasteiger partial charge in [-0.3, -0.25) is 14.4 Å². The van der Waals surface area contributed by atoms with Gasteiger partial charge >= 0.3 is 17.9 Å². The first kappa shape index (κ1) is 19.4. The molecule has 0 aliphatic heterocycles. The Kier molecular flexibility index (Phi) is 7.35. The molecule has 7 heteroatoms. The highest BCUT2D eigenvalue weighted by molar-refractivity contribution is 5.72. The summed E-state index contributed by atoms with van der Waals surface area (Å²) in [6.07, 6.45) is -1.46. The van der Waals surface area contributed by atoms with Gasteiger partial charge in [0.15, 0.2) is 0 Å². The fourth-order valence-corrected chi connectivity index (χ4v) is 2.26. The lowest BCUT2D eigenvalue weighted by Gasteiger charge is -2.42. The van der Waals surface area contributed by atoms with Crippen LogP contribution in [0.1, 0.15) is 41.0 Å². The first-order valence-corrected chi connectivity index (χ1v) is 6.72. The van der Waals surface area contributed by atoms with Crippen molar-refractivity contribution in [3.63, 3.8) is 0 Å². The van der Waals surface area contributed by atoms with Crippen LogP contribution in [0.3, 0.4) is 0 Å². The van der Waals surface area contributed by atoms with Crippen molar-refractivity contribution in [2.24, 2.45) is 5.92 Å². The van der Waals surface area contributed by atoms with Crippen LogP contribution in [0.4, 0.5) is 0 Å². The smallest absolute Gasteiger partial charge is 0.310 e. The molecule has 0 heterocycles. The average Bonchev–Trinajstić information content (AvgIpc) is 2.39. The lowest BCUT2D eigenvalue weighted by Crippen LogP contribution is -2.57. The molecule has 0 aromatic carbocycles.